The maximum Gasteiger partial charge on any atom is 0.287 e. The van der Waals surface area contributed by atoms with E-state index in [2.05, 4.69) is 5.32 Å². The highest BCUT2D eigenvalue weighted by molar-refractivity contribution is 7.91. The van der Waals surface area contributed by atoms with E-state index in [-0.39, 0.29) is 23.3 Å². The third-order valence-electron chi connectivity index (χ3n) is 3.27. The van der Waals surface area contributed by atoms with E-state index < -0.39 is 15.7 Å². The quantitative estimate of drug-likeness (QED) is 0.920. The first-order valence-electron chi connectivity index (χ1n) is 6.13. The van der Waals surface area contributed by atoms with Crippen LogP contribution in [-0.4, -0.2) is 31.9 Å². The molecule has 1 aliphatic rings. The van der Waals surface area contributed by atoms with Gasteiger partial charge in [-0.05, 0) is 30.7 Å². The van der Waals surface area contributed by atoms with Crippen LogP contribution in [0.15, 0.2) is 28.7 Å². The largest absolute Gasteiger partial charge is 0.451 e. The maximum atomic E-state index is 12.0. The van der Waals surface area contributed by atoms with Gasteiger partial charge in [-0.15, -0.1) is 0 Å². The molecule has 1 fully saturated rings. The summed E-state index contributed by atoms with van der Waals surface area (Å²) in [5, 5.41) is 3.98. The van der Waals surface area contributed by atoms with Gasteiger partial charge in [-0.3, -0.25) is 4.79 Å². The lowest BCUT2D eigenvalue weighted by Crippen LogP contribution is -2.35. The fraction of sp³-hybridized carbons (Fsp3) is 0.308. The Morgan fingerprint density at radius 1 is 1.35 bits per heavy atom. The topological polar surface area (TPSA) is 76.4 Å². The number of benzene rings is 1. The fourth-order valence-corrected chi connectivity index (χ4v) is 4.15. The van der Waals surface area contributed by atoms with Gasteiger partial charge in [-0.1, -0.05) is 11.6 Å². The summed E-state index contributed by atoms with van der Waals surface area (Å²) in [6, 6.07) is 6.33. The molecule has 0 radical (unpaired) electrons. The Balaban J connectivity index is 1.79. The monoisotopic (exact) mass is 313 g/mol. The molecule has 7 heteroatoms. The Bertz CT molecular complexity index is 781. The SMILES string of the molecule is O=C(N[C@@H]1CCS(=O)(=O)C1)c1cc2cc(Cl)ccc2o1. The second-order valence-electron chi connectivity index (χ2n) is 4.87. The van der Waals surface area contributed by atoms with Crippen molar-refractivity contribution in [3.8, 4) is 0 Å². The van der Waals surface area contributed by atoms with E-state index in [1.807, 2.05) is 0 Å². The number of halogens is 1. The highest BCUT2D eigenvalue weighted by atomic mass is 35.5. The molecule has 1 aliphatic heterocycles. The molecular weight excluding hydrogens is 302 g/mol. The molecule has 1 aromatic heterocycles. The summed E-state index contributed by atoms with van der Waals surface area (Å²) < 4.78 is 28.1. The van der Waals surface area contributed by atoms with Crippen LogP contribution in [-0.2, 0) is 9.84 Å². The van der Waals surface area contributed by atoms with Crippen molar-refractivity contribution in [1.82, 2.24) is 5.32 Å². The summed E-state index contributed by atoms with van der Waals surface area (Å²) in [5.41, 5.74) is 0.568. The first kappa shape index (κ1) is 13.5. The third kappa shape index (κ3) is 2.66. The molecule has 1 aromatic carbocycles. The molecule has 3 rings (SSSR count). The molecule has 1 atom stereocenters. The van der Waals surface area contributed by atoms with Crippen molar-refractivity contribution in [1.29, 1.82) is 0 Å². The van der Waals surface area contributed by atoms with Gasteiger partial charge in [0.2, 0.25) is 0 Å². The number of nitrogens with one attached hydrogen (secondary N) is 1. The van der Waals surface area contributed by atoms with Crippen molar-refractivity contribution in [2.24, 2.45) is 0 Å². The summed E-state index contributed by atoms with van der Waals surface area (Å²) in [6.45, 7) is 0. The number of carbonyl (C=O) groups excluding carboxylic acids is 1. The van der Waals surface area contributed by atoms with Crippen molar-refractivity contribution in [3.63, 3.8) is 0 Å². The molecule has 0 saturated carbocycles. The maximum absolute atomic E-state index is 12.0. The van der Waals surface area contributed by atoms with Crippen LogP contribution in [0.3, 0.4) is 0 Å². The third-order valence-corrected chi connectivity index (χ3v) is 5.27. The Morgan fingerprint density at radius 3 is 2.85 bits per heavy atom. The Morgan fingerprint density at radius 2 is 2.15 bits per heavy atom. The summed E-state index contributed by atoms with van der Waals surface area (Å²) >= 11 is 5.87. The minimum atomic E-state index is -3.02. The van der Waals surface area contributed by atoms with Gasteiger partial charge in [0.05, 0.1) is 11.5 Å². The summed E-state index contributed by atoms with van der Waals surface area (Å²) in [5.74, 6) is -0.135. The van der Waals surface area contributed by atoms with Crippen LogP contribution in [0.2, 0.25) is 5.02 Å². The zero-order valence-corrected chi connectivity index (χ0v) is 12.0. The minimum Gasteiger partial charge on any atom is -0.451 e. The van der Waals surface area contributed by atoms with Crippen molar-refractivity contribution in [3.05, 3.63) is 35.0 Å². The molecule has 0 bridgehead atoms. The molecule has 0 unspecified atom stereocenters. The predicted molar refractivity (Wildman–Crippen MR) is 75.7 cm³/mol. The number of amides is 1. The van der Waals surface area contributed by atoms with Crippen LogP contribution in [0.5, 0.6) is 0 Å². The number of hydrogen-bond acceptors (Lipinski definition) is 4. The predicted octanol–water partition coefficient (Wildman–Crippen LogP) is 2.00. The van der Waals surface area contributed by atoms with E-state index in [9.17, 15) is 13.2 Å². The van der Waals surface area contributed by atoms with Crippen LogP contribution in [0.4, 0.5) is 0 Å². The first-order chi connectivity index (χ1) is 9.43. The average molecular weight is 314 g/mol. The van der Waals surface area contributed by atoms with Crippen LogP contribution in [0, 0.1) is 0 Å². The highest BCUT2D eigenvalue weighted by Gasteiger charge is 2.29. The van der Waals surface area contributed by atoms with Crippen molar-refractivity contribution in [2.75, 3.05) is 11.5 Å². The molecule has 0 spiro atoms. The normalized spacial score (nSPS) is 21.1. The lowest BCUT2D eigenvalue weighted by atomic mass is 10.2. The molecule has 20 heavy (non-hydrogen) atoms. The van der Waals surface area contributed by atoms with E-state index in [0.717, 1.165) is 5.39 Å². The summed E-state index contributed by atoms with van der Waals surface area (Å²) in [4.78, 5) is 12.0. The standard InChI is InChI=1S/C13H12ClNO4S/c14-9-1-2-11-8(5-9)6-12(19-11)13(16)15-10-3-4-20(17,18)7-10/h1-2,5-6,10H,3-4,7H2,(H,15,16)/t10-/m1/s1. The summed E-state index contributed by atoms with van der Waals surface area (Å²) in [7, 11) is -3.02. The van der Waals surface area contributed by atoms with Crippen LogP contribution in [0.1, 0.15) is 17.0 Å². The van der Waals surface area contributed by atoms with Crippen LogP contribution in [0.25, 0.3) is 11.0 Å². The van der Waals surface area contributed by atoms with Gasteiger partial charge in [-0.25, -0.2) is 8.42 Å². The number of fused-ring (bicyclic) bond motifs is 1. The lowest BCUT2D eigenvalue weighted by molar-refractivity contribution is 0.0915. The van der Waals surface area contributed by atoms with Crippen LogP contribution >= 0.6 is 11.6 Å². The number of carbonyl (C=O) groups is 1. The molecule has 106 valence electrons. The second-order valence-corrected chi connectivity index (χ2v) is 7.53. The second kappa shape index (κ2) is 4.79. The van der Waals surface area contributed by atoms with Gasteiger partial charge < -0.3 is 9.73 Å². The molecule has 2 aromatic rings. The molecule has 1 saturated heterocycles. The molecule has 5 nitrogen and oxygen atoms in total. The Kier molecular flexibility index (Phi) is 3.22. The fourth-order valence-electron chi connectivity index (χ4n) is 2.29. The molecule has 1 amide bonds. The zero-order chi connectivity index (χ0) is 14.3. The van der Waals surface area contributed by atoms with Crippen molar-refractivity contribution >= 4 is 38.3 Å². The zero-order valence-electron chi connectivity index (χ0n) is 10.4. The van der Waals surface area contributed by atoms with Gasteiger partial charge in [0, 0.05) is 16.5 Å². The van der Waals surface area contributed by atoms with E-state index in [0.29, 0.717) is 17.0 Å². The Labute approximate surface area is 120 Å². The van der Waals surface area contributed by atoms with Gasteiger partial charge in [0.15, 0.2) is 15.6 Å². The van der Waals surface area contributed by atoms with Crippen molar-refractivity contribution in [2.45, 2.75) is 12.5 Å². The smallest absolute Gasteiger partial charge is 0.287 e. The molecule has 1 N–H and O–H groups in total. The number of furan rings is 1. The molecule has 0 aliphatic carbocycles. The first-order valence-corrected chi connectivity index (χ1v) is 8.33. The average Bonchev–Trinajstić information content (AvgIpc) is 2.92. The molecule has 2 heterocycles. The van der Waals surface area contributed by atoms with E-state index >= 15 is 0 Å². The molecular formula is C13H12ClNO4S. The number of sulfone groups is 1. The lowest BCUT2D eigenvalue weighted by Gasteiger charge is -2.08. The minimum absolute atomic E-state index is 0.00913. The number of hydrogen-bond donors (Lipinski definition) is 1. The van der Waals surface area contributed by atoms with Crippen LogP contribution < -0.4 is 5.32 Å². The van der Waals surface area contributed by atoms with Gasteiger partial charge in [-0.2, -0.15) is 0 Å². The van der Waals surface area contributed by atoms with Crippen molar-refractivity contribution < 1.29 is 17.6 Å². The number of rotatable bonds is 2. The van der Waals surface area contributed by atoms with Gasteiger partial charge >= 0.3 is 0 Å². The van der Waals surface area contributed by atoms with E-state index in [4.69, 9.17) is 16.0 Å². The van der Waals surface area contributed by atoms with E-state index in [1.54, 1.807) is 24.3 Å². The van der Waals surface area contributed by atoms with Gasteiger partial charge in [0.1, 0.15) is 5.58 Å². The van der Waals surface area contributed by atoms with E-state index in [1.165, 1.54) is 0 Å². The summed E-state index contributed by atoms with van der Waals surface area (Å²) in [6.07, 6.45) is 0.445. The highest BCUT2D eigenvalue weighted by Crippen LogP contribution is 2.23. The Hall–Kier alpha value is -1.53. The van der Waals surface area contributed by atoms with Gasteiger partial charge in [0.25, 0.3) is 5.91 Å².